The molecule has 0 saturated heterocycles. The molecule has 33 heavy (non-hydrogen) atoms. The van der Waals surface area contributed by atoms with Crippen molar-refractivity contribution in [2.24, 2.45) is 4.99 Å². The van der Waals surface area contributed by atoms with Crippen molar-refractivity contribution in [2.75, 3.05) is 10.6 Å². The molecule has 0 radical (unpaired) electrons. The standard InChI is InChI=1S/C24H22N6O3/c1-17-11-20(26-22(31)13-18-7-3-2-4-8-18)14-21(12-17)27-24(32)28-23-16-30(29-33-23)15-19-9-5-6-10-25-19/h2-12,14,16H,13,15H2,1H3,(H2-,26,27,28,29,31,32). The lowest BCUT2D eigenvalue weighted by Gasteiger charge is -2.12. The number of anilines is 2. The van der Waals surface area contributed by atoms with E-state index in [1.54, 1.807) is 30.6 Å². The highest BCUT2D eigenvalue weighted by Gasteiger charge is 2.15. The average Bonchev–Trinajstić information content (AvgIpc) is 3.21. The minimum absolute atomic E-state index is 0.180. The smallest absolute Gasteiger partial charge is 0.326 e. The van der Waals surface area contributed by atoms with Gasteiger partial charge in [0.15, 0.2) is 0 Å². The van der Waals surface area contributed by atoms with Gasteiger partial charge in [0.05, 0.1) is 5.69 Å². The first kappa shape index (κ1) is 21.7. The van der Waals surface area contributed by atoms with E-state index in [0.29, 0.717) is 17.9 Å². The molecule has 4 rings (SSSR count). The number of pyridine rings is 1. The number of nitrogens with one attached hydrogen (secondary N) is 2. The number of aryl methyl sites for hydroxylation is 1. The van der Waals surface area contributed by atoms with Gasteiger partial charge in [0.1, 0.15) is 5.69 Å². The largest absolute Gasteiger partial charge is 0.861 e. The van der Waals surface area contributed by atoms with Crippen LogP contribution in [0.5, 0.6) is 0 Å². The van der Waals surface area contributed by atoms with Gasteiger partial charge in [0.2, 0.25) is 11.8 Å². The van der Waals surface area contributed by atoms with Crippen molar-refractivity contribution >= 4 is 29.2 Å². The van der Waals surface area contributed by atoms with Crippen LogP contribution in [0.15, 0.2) is 88.6 Å². The molecule has 0 saturated carbocycles. The molecule has 0 aliphatic rings. The Morgan fingerprint density at radius 2 is 1.91 bits per heavy atom. The summed E-state index contributed by atoms with van der Waals surface area (Å²) >= 11 is 0. The summed E-state index contributed by atoms with van der Waals surface area (Å²) in [6.07, 6.45) is 3.47. The van der Waals surface area contributed by atoms with E-state index in [9.17, 15) is 9.90 Å². The number of aliphatic imine (C=N–C) groups is 1. The maximum atomic E-state index is 12.4. The third kappa shape index (κ3) is 6.47. The number of aromatic nitrogens is 3. The van der Waals surface area contributed by atoms with Gasteiger partial charge in [0, 0.05) is 18.3 Å². The lowest BCUT2D eigenvalue weighted by atomic mass is 10.1. The van der Waals surface area contributed by atoms with Gasteiger partial charge in [-0.2, -0.15) is 0 Å². The van der Waals surface area contributed by atoms with Crippen LogP contribution in [-0.4, -0.2) is 22.2 Å². The Morgan fingerprint density at radius 3 is 2.70 bits per heavy atom. The normalized spacial score (nSPS) is 11.2. The van der Waals surface area contributed by atoms with E-state index >= 15 is 0 Å². The lowest BCUT2D eigenvalue weighted by Crippen LogP contribution is -2.35. The molecule has 0 aliphatic carbocycles. The molecular weight excluding hydrogens is 420 g/mol. The van der Waals surface area contributed by atoms with E-state index in [2.05, 4.69) is 25.9 Å². The SMILES string of the molecule is Cc1cc(N=C([O-])Cc2ccccc2)cc(NC(=O)Nc2c[n+](Cc3ccccn3)no2)c1. The molecule has 2 aromatic carbocycles. The molecule has 0 atom stereocenters. The third-order valence-corrected chi connectivity index (χ3v) is 4.57. The molecule has 4 aromatic rings. The zero-order valence-corrected chi connectivity index (χ0v) is 17.9. The van der Waals surface area contributed by atoms with Crippen molar-refractivity contribution < 1.29 is 19.1 Å². The summed E-state index contributed by atoms with van der Waals surface area (Å²) in [7, 11) is 0. The van der Waals surface area contributed by atoms with Crippen molar-refractivity contribution in [1.82, 2.24) is 10.3 Å². The second-order valence-electron chi connectivity index (χ2n) is 7.39. The Labute approximate surface area is 190 Å². The predicted molar refractivity (Wildman–Crippen MR) is 121 cm³/mol. The number of urea groups is 1. The second kappa shape index (κ2) is 10.2. The van der Waals surface area contributed by atoms with Crippen LogP contribution in [0.2, 0.25) is 0 Å². The Hall–Kier alpha value is -4.53. The van der Waals surface area contributed by atoms with Crippen molar-refractivity contribution in [3.05, 3.63) is 95.9 Å². The highest BCUT2D eigenvalue weighted by Crippen LogP contribution is 2.22. The van der Waals surface area contributed by atoms with E-state index in [1.165, 1.54) is 4.68 Å². The molecule has 0 spiro atoms. The van der Waals surface area contributed by atoms with Gasteiger partial charge in [-0.15, -0.1) is 0 Å². The first-order valence-electron chi connectivity index (χ1n) is 10.3. The van der Waals surface area contributed by atoms with Gasteiger partial charge in [-0.1, -0.05) is 36.4 Å². The number of carbonyl (C=O) groups excluding carboxylic acids is 1. The predicted octanol–water partition coefficient (Wildman–Crippen LogP) is 2.99. The highest BCUT2D eigenvalue weighted by molar-refractivity contribution is 5.99. The highest BCUT2D eigenvalue weighted by atomic mass is 16.5. The maximum Gasteiger partial charge on any atom is 0.326 e. The fourth-order valence-corrected chi connectivity index (χ4v) is 3.19. The van der Waals surface area contributed by atoms with Gasteiger partial charge in [0.25, 0.3) is 6.20 Å². The number of carbonyl (C=O) groups is 1. The van der Waals surface area contributed by atoms with Gasteiger partial charge in [-0.3, -0.25) is 19.8 Å². The number of amides is 2. The second-order valence-corrected chi connectivity index (χ2v) is 7.39. The molecule has 166 valence electrons. The van der Waals surface area contributed by atoms with E-state index in [0.717, 1.165) is 16.8 Å². The summed E-state index contributed by atoms with van der Waals surface area (Å²) in [6.45, 7) is 2.27. The summed E-state index contributed by atoms with van der Waals surface area (Å²) in [5.74, 6) is -0.0830. The average molecular weight is 442 g/mol. The van der Waals surface area contributed by atoms with Crippen LogP contribution < -0.4 is 20.4 Å². The minimum atomic E-state index is -0.511. The van der Waals surface area contributed by atoms with Crippen LogP contribution in [0, 0.1) is 6.92 Å². The fraction of sp³-hybridized carbons (Fsp3) is 0.125. The summed E-state index contributed by atoms with van der Waals surface area (Å²) in [5, 5.41) is 21.5. The number of hydrogen-bond acceptors (Lipinski definition) is 6. The number of nitrogens with zero attached hydrogens (tertiary/aromatic N) is 4. The molecule has 2 heterocycles. The van der Waals surface area contributed by atoms with Crippen molar-refractivity contribution in [2.45, 2.75) is 19.9 Å². The van der Waals surface area contributed by atoms with Crippen molar-refractivity contribution in [3.8, 4) is 0 Å². The number of hydrogen-bond donors (Lipinski definition) is 2. The third-order valence-electron chi connectivity index (χ3n) is 4.57. The van der Waals surface area contributed by atoms with E-state index in [1.807, 2.05) is 55.5 Å². The Kier molecular flexibility index (Phi) is 6.70. The topological polar surface area (TPSA) is 119 Å². The van der Waals surface area contributed by atoms with E-state index in [4.69, 9.17) is 4.52 Å². The molecule has 9 nitrogen and oxygen atoms in total. The molecule has 2 N–H and O–H groups in total. The van der Waals surface area contributed by atoms with Crippen molar-refractivity contribution in [3.63, 3.8) is 0 Å². The minimum Gasteiger partial charge on any atom is -0.861 e. The Morgan fingerprint density at radius 1 is 1.09 bits per heavy atom. The fourth-order valence-electron chi connectivity index (χ4n) is 3.19. The number of benzene rings is 2. The van der Waals surface area contributed by atoms with Crippen LogP contribution in [0.1, 0.15) is 16.8 Å². The summed E-state index contributed by atoms with van der Waals surface area (Å²) in [5.41, 5.74) is 3.53. The molecule has 9 heteroatoms. The van der Waals surface area contributed by atoms with Gasteiger partial charge in [-0.05, 0) is 59.0 Å². The zero-order valence-electron chi connectivity index (χ0n) is 17.9. The van der Waals surface area contributed by atoms with E-state index in [-0.39, 0.29) is 18.2 Å². The summed E-state index contributed by atoms with van der Waals surface area (Å²) in [4.78, 5) is 20.8. The molecule has 0 fully saturated rings. The van der Waals surface area contributed by atoms with Crippen LogP contribution >= 0.6 is 0 Å². The number of rotatable bonds is 7. The maximum absolute atomic E-state index is 12.4. The molecule has 2 amide bonds. The summed E-state index contributed by atoms with van der Waals surface area (Å²) in [6, 6.07) is 19.7. The molecule has 2 aromatic heterocycles. The summed E-state index contributed by atoms with van der Waals surface area (Å²) < 4.78 is 6.68. The Bertz CT molecular complexity index is 1260. The van der Waals surface area contributed by atoms with Crippen molar-refractivity contribution in [1.29, 1.82) is 0 Å². The monoisotopic (exact) mass is 442 g/mol. The quantitative estimate of drug-likeness (QED) is 0.259. The molecule has 0 aliphatic heterocycles. The van der Waals surface area contributed by atoms with Crippen LogP contribution in [0.4, 0.5) is 22.1 Å². The Balaban J connectivity index is 1.38. The lowest BCUT2D eigenvalue weighted by molar-refractivity contribution is -0.755. The van der Waals surface area contributed by atoms with Gasteiger partial charge >= 0.3 is 11.9 Å². The first-order chi connectivity index (χ1) is 16.0. The van der Waals surface area contributed by atoms with Gasteiger partial charge < -0.3 is 10.4 Å². The molecular formula is C24H22N6O3. The first-order valence-corrected chi connectivity index (χ1v) is 10.3. The van der Waals surface area contributed by atoms with Crippen LogP contribution in [-0.2, 0) is 13.0 Å². The van der Waals surface area contributed by atoms with Crippen LogP contribution in [0.3, 0.4) is 0 Å². The van der Waals surface area contributed by atoms with Crippen LogP contribution in [0.25, 0.3) is 0 Å². The van der Waals surface area contributed by atoms with E-state index < -0.39 is 6.03 Å². The van der Waals surface area contributed by atoms with Gasteiger partial charge in [-0.25, -0.2) is 4.79 Å². The molecule has 0 unspecified atom stereocenters. The molecule has 0 bridgehead atoms. The zero-order chi connectivity index (χ0) is 23.0.